The maximum absolute atomic E-state index is 14.0. The Hall–Kier alpha value is -2.12. The van der Waals surface area contributed by atoms with Crippen LogP contribution in [0.2, 0.25) is 0 Å². The van der Waals surface area contributed by atoms with Crippen molar-refractivity contribution in [2.45, 2.75) is 26.0 Å². The second-order valence-corrected chi connectivity index (χ2v) is 8.35. The largest absolute Gasteiger partial charge is 0.481 e. The van der Waals surface area contributed by atoms with Gasteiger partial charge in [-0.05, 0) is 63.4 Å². The summed E-state index contributed by atoms with van der Waals surface area (Å²) in [7, 11) is 2.10. The molecule has 156 valence electrons. The van der Waals surface area contributed by atoms with E-state index in [-0.39, 0.29) is 17.8 Å². The van der Waals surface area contributed by atoms with Crippen molar-refractivity contribution in [2.24, 2.45) is 0 Å². The second-order valence-electron chi connectivity index (χ2n) is 7.44. The number of carbonyl (C=O) groups excluding carboxylic acids is 1. The molecule has 2 aromatic rings. The Labute approximate surface area is 180 Å². The smallest absolute Gasteiger partial charge is 0.261 e. The van der Waals surface area contributed by atoms with Crippen LogP contribution in [0.25, 0.3) is 0 Å². The SMILES string of the molecule is CC(Oc1ccc(Br)cc1)C(=O)NC(C)c1cc(F)ccc1N1CCN(C)CC1. The highest BCUT2D eigenvalue weighted by atomic mass is 79.9. The van der Waals surface area contributed by atoms with Crippen molar-refractivity contribution in [3.05, 3.63) is 58.3 Å². The van der Waals surface area contributed by atoms with E-state index in [1.165, 1.54) is 12.1 Å². The molecule has 5 nitrogen and oxygen atoms in total. The minimum absolute atomic E-state index is 0.242. The first-order chi connectivity index (χ1) is 13.8. The summed E-state index contributed by atoms with van der Waals surface area (Å²) in [5.41, 5.74) is 1.74. The van der Waals surface area contributed by atoms with Crippen LogP contribution in [0.5, 0.6) is 5.75 Å². The van der Waals surface area contributed by atoms with Crippen molar-refractivity contribution in [3.8, 4) is 5.75 Å². The van der Waals surface area contributed by atoms with E-state index >= 15 is 0 Å². The molecule has 1 heterocycles. The lowest BCUT2D eigenvalue weighted by atomic mass is 10.0. The number of nitrogens with zero attached hydrogens (tertiary/aromatic N) is 2. The Morgan fingerprint density at radius 1 is 1.10 bits per heavy atom. The van der Waals surface area contributed by atoms with E-state index in [4.69, 9.17) is 4.74 Å². The topological polar surface area (TPSA) is 44.8 Å². The van der Waals surface area contributed by atoms with Gasteiger partial charge in [0.05, 0.1) is 6.04 Å². The summed E-state index contributed by atoms with van der Waals surface area (Å²) in [5.74, 6) is 0.0690. The molecule has 0 spiro atoms. The summed E-state index contributed by atoms with van der Waals surface area (Å²) in [6.07, 6.45) is -0.667. The predicted molar refractivity (Wildman–Crippen MR) is 117 cm³/mol. The summed E-state index contributed by atoms with van der Waals surface area (Å²) in [4.78, 5) is 17.2. The van der Waals surface area contributed by atoms with Crippen LogP contribution in [0.3, 0.4) is 0 Å². The van der Waals surface area contributed by atoms with Crippen LogP contribution < -0.4 is 15.0 Å². The number of anilines is 1. The van der Waals surface area contributed by atoms with E-state index in [2.05, 4.69) is 38.1 Å². The highest BCUT2D eigenvalue weighted by molar-refractivity contribution is 9.10. The van der Waals surface area contributed by atoms with Gasteiger partial charge in [0.25, 0.3) is 5.91 Å². The zero-order chi connectivity index (χ0) is 21.0. The molecule has 1 N–H and O–H groups in total. The average Bonchev–Trinajstić information content (AvgIpc) is 2.70. The standard InChI is InChI=1S/C22H27BrFN3O2/c1-15(25-22(28)16(2)29-19-7-4-17(23)5-8-19)20-14-18(24)6-9-21(20)27-12-10-26(3)11-13-27/h4-9,14-16H,10-13H2,1-3H3,(H,25,28). The summed E-state index contributed by atoms with van der Waals surface area (Å²) in [6, 6.07) is 11.8. The fourth-order valence-corrected chi connectivity index (χ4v) is 3.65. The van der Waals surface area contributed by atoms with Crippen molar-refractivity contribution >= 4 is 27.5 Å². The third-order valence-corrected chi connectivity index (χ3v) is 5.68. The van der Waals surface area contributed by atoms with E-state index in [0.717, 1.165) is 41.9 Å². The molecule has 1 aliphatic heterocycles. The second kappa shape index (κ2) is 9.59. The van der Waals surface area contributed by atoms with Crippen LogP contribution in [0.1, 0.15) is 25.5 Å². The van der Waals surface area contributed by atoms with Crippen LogP contribution in [0, 0.1) is 5.82 Å². The van der Waals surface area contributed by atoms with Crippen LogP contribution in [0.15, 0.2) is 46.9 Å². The van der Waals surface area contributed by atoms with Gasteiger partial charge < -0.3 is 19.9 Å². The summed E-state index contributed by atoms with van der Waals surface area (Å²) >= 11 is 3.38. The van der Waals surface area contributed by atoms with Gasteiger partial charge in [-0.1, -0.05) is 15.9 Å². The van der Waals surface area contributed by atoms with Gasteiger partial charge in [-0.3, -0.25) is 4.79 Å². The van der Waals surface area contributed by atoms with Gasteiger partial charge in [0.2, 0.25) is 0 Å². The quantitative estimate of drug-likeness (QED) is 0.703. The monoisotopic (exact) mass is 463 g/mol. The molecular formula is C22H27BrFN3O2. The number of amides is 1. The Balaban J connectivity index is 1.69. The van der Waals surface area contributed by atoms with Gasteiger partial charge in [0.15, 0.2) is 6.10 Å². The molecule has 1 fully saturated rings. The molecule has 3 rings (SSSR count). The zero-order valence-electron chi connectivity index (χ0n) is 17.0. The predicted octanol–water partition coefficient (Wildman–Crippen LogP) is 3.98. The van der Waals surface area contributed by atoms with Crippen molar-refractivity contribution in [1.29, 1.82) is 0 Å². The lowest BCUT2D eigenvalue weighted by Gasteiger charge is -2.36. The zero-order valence-corrected chi connectivity index (χ0v) is 18.6. The Morgan fingerprint density at radius 3 is 2.41 bits per heavy atom. The Bertz CT molecular complexity index is 838. The van der Waals surface area contributed by atoms with Crippen LogP contribution in [-0.4, -0.2) is 50.1 Å². The molecule has 1 amide bonds. The van der Waals surface area contributed by atoms with Gasteiger partial charge >= 0.3 is 0 Å². The maximum atomic E-state index is 14.0. The molecule has 7 heteroatoms. The van der Waals surface area contributed by atoms with Crippen LogP contribution in [0.4, 0.5) is 10.1 Å². The molecule has 0 aromatic heterocycles. The number of ether oxygens (including phenoxy) is 1. The minimum atomic E-state index is -0.667. The highest BCUT2D eigenvalue weighted by Crippen LogP contribution is 2.28. The van der Waals surface area contributed by atoms with Gasteiger partial charge in [0.1, 0.15) is 11.6 Å². The lowest BCUT2D eigenvalue weighted by molar-refractivity contribution is -0.127. The lowest BCUT2D eigenvalue weighted by Crippen LogP contribution is -2.45. The normalized spacial score (nSPS) is 16.9. The van der Waals surface area contributed by atoms with Crippen LogP contribution >= 0.6 is 15.9 Å². The number of carbonyl (C=O) groups is 1. The number of piperazine rings is 1. The highest BCUT2D eigenvalue weighted by Gasteiger charge is 2.23. The summed E-state index contributed by atoms with van der Waals surface area (Å²) in [5, 5.41) is 2.97. The molecule has 2 aromatic carbocycles. The molecule has 0 bridgehead atoms. The molecule has 2 unspecified atom stereocenters. The number of hydrogen-bond donors (Lipinski definition) is 1. The van der Waals surface area contributed by atoms with Gasteiger partial charge in [-0.2, -0.15) is 0 Å². The number of nitrogens with one attached hydrogen (secondary N) is 1. The van der Waals surface area contributed by atoms with E-state index in [1.54, 1.807) is 25.1 Å². The number of benzene rings is 2. The van der Waals surface area contributed by atoms with Crippen molar-refractivity contribution in [3.63, 3.8) is 0 Å². The first-order valence-corrected chi connectivity index (χ1v) is 10.6. The third kappa shape index (κ3) is 5.70. The van der Waals surface area contributed by atoms with Gasteiger partial charge in [-0.25, -0.2) is 4.39 Å². The summed E-state index contributed by atoms with van der Waals surface area (Å²) < 4.78 is 20.7. The first-order valence-electron chi connectivity index (χ1n) is 9.79. The molecule has 0 saturated carbocycles. The molecule has 29 heavy (non-hydrogen) atoms. The summed E-state index contributed by atoms with van der Waals surface area (Å²) in [6.45, 7) is 7.23. The molecule has 1 saturated heterocycles. The Kier molecular flexibility index (Phi) is 7.14. The minimum Gasteiger partial charge on any atom is -0.481 e. The first kappa shape index (κ1) is 21.6. The number of rotatable bonds is 6. The number of halogens is 2. The van der Waals surface area contributed by atoms with Crippen LogP contribution in [-0.2, 0) is 4.79 Å². The number of likely N-dealkylation sites (N-methyl/N-ethyl adjacent to an activating group) is 1. The molecular weight excluding hydrogens is 437 g/mol. The average molecular weight is 464 g/mol. The third-order valence-electron chi connectivity index (χ3n) is 5.15. The fraction of sp³-hybridized carbons (Fsp3) is 0.409. The van der Waals surface area contributed by atoms with E-state index in [1.807, 2.05) is 19.1 Å². The van der Waals surface area contributed by atoms with Gasteiger partial charge in [0, 0.05) is 41.9 Å². The molecule has 0 radical (unpaired) electrons. The van der Waals surface area contributed by atoms with E-state index in [9.17, 15) is 9.18 Å². The van der Waals surface area contributed by atoms with Crippen molar-refractivity contribution < 1.29 is 13.9 Å². The van der Waals surface area contributed by atoms with E-state index < -0.39 is 6.10 Å². The van der Waals surface area contributed by atoms with Gasteiger partial charge in [-0.15, -0.1) is 0 Å². The molecule has 0 aliphatic carbocycles. The fourth-order valence-electron chi connectivity index (χ4n) is 3.39. The van der Waals surface area contributed by atoms with Crippen molar-refractivity contribution in [1.82, 2.24) is 10.2 Å². The van der Waals surface area contributed by atoms with Crippen molar-refractivity contribution in [2.75, 3.05) is 38.1 Å². The Morgan fingerprint density at radius 2 is 1.76 bits per heavy atom. The maximum Gasteiger partial charge on any atom is 0.261 e. The van der Waals surface area contributed by atoms with E-state index in [0.29, 0.717) is 5.75 Å². The molecule has 2 atom stereocenters. The molecule has 1 aliphatic rings. The number of hydrogen-bond acceptors (Lipinski definition) is 4.